The lowest BCUT2D eigenvalue weighted by molar-refractivity contribution is 0.0931. The number of thiophene rings is 1. The van der Waals surface area contributed by atoms with Crippen molar-refractivity contribution in [1.82, 2.24) is 20.1 Å². The zero-order valence-electron chi connectivity index (χ0n) is 14.5. The molecule has 0 aromatic carbocycles. The lowest BCUT2D eigenvalue weighted by Crippen LogP contribution is -2.43. The smallest absolute Gasteiger partial charge is 0.261 e. The maximum absolute atomic E-state index is 12.5. The summed E-state index contributed by atoms with van der Waals surface area (Å²) in [7, 11) is 4.14. The van der Waals surface area contributed by atoms with Crippen LogP contribution in [-0.4, -0.2) is 60.5 Å². The fraction of sp³-hybridized carbons (Fsp3) is 0.444. The van der Waals surface area contributed by atoms with Crippen LogP contribution in [0.3, 0.4) is 0 Å². The van der Waals surface area contributed by atoms with Crippen LogP contribution >= 0.6 is 22.9 Å². The molecule has 5 nitrogen and oxygen atoms in total. The van der Waals surface area contributed by atoms with E-state index < -0.39 is 0 Å². The minimum Gasteiger partial charge on any atom is -0.347 e. The van der Waals surface area contributed by atoms with E-state index in [9.17, 15) is 4.79 Å². The number of amides is 1. The lowest BCUT2D eigenvalue weighted by atomic mass is 10.0. The largest absolute Gasteiger partial charge is 0.347 e. The molecule has 1 aliphatic heterocycles. The van der Waals surface area contributed by atoms with Gasteiger partial charge in [-0.05, 0) is 37.9 Å². The van der Waals surface area contributed by atoms with E-state index in [1.165, 1.54) is 16.9 Å². The zero-order valence-corrected chi connectivity index (χ0v) is 16.1. The van der Waals surface area contributed by atoms with Gasteiger partial charge in [0.25, 0.3) is 5.91 Å². The third-order valence-corrected chi connectivity index (χ3v) is 5.59. The van der Waals surface area contributed by atoms with Crippen molar-refractivity contribution < 1.29 is 4.79 Å². The Balaban J connectivity index is 1.66. The van der Waals surface area contributed by atoms with Crippen LogP contribution in [0.5, 0.6) is 0 Å². The normalized spacial score (nSPS) is 21.0. The van der Waals surface area contributed by atoms with Crippen molar-refractivity contribution in [3.05, 3.63) is 51.4 Å². The standard InChI is InChI=1S/C18H23ClN4OS/c1-22(2)10-14-11-23(9-13-4-3-7-20-8-13)12-15(14)21-18(24)16-5-6-17(19)25-16/h3-8,14-15H,9-12H2,1-2H3,(H,21,24)/t14-,15-/m1/s1. The summed E-state index contributed by atoms with van der Waals surface area (Å²) in [6.45, 7) is 3.61. The molecular weight excluding hydrogens is 356 g/mol. The van der Waals surface area contributed by atoms with E-state index in [1.807, 2.05) is 12.3 Å². The van der Waals surface area contributed by atoms with E-state index >= 15 is 0 Å². The molecule has 1 fully saturated rings. The summed E-state index contributed by atoms with van der Waals surface area (Å²) in [5, 5.41) is 3.21. The number of likely N-dealkylation sites (tertiary alicyclic amines) is 1. The molecule has 2 atom stereocenters. The Bertz CT molecular complexity index is 706. The van der Waals surface area contributed by atoms with Crippen molar-refractivity contribution in [3.63, 3.8) is 0 Å². The molecular formula is C18H23ClN4OS. The number of nitrogens with zero attached hydrogens (tertiary/aromatic N) is 3. The van der Waals surface area contributed by atoms with Crippen LogP contribution in [0.1, 0.15) is 15.2 Å². The minimum atomic E-state index is -0.0334. The van der Waals surface area contributed by atoms with Crippen LogP contribution < -0.4 is 5.32 Å². The number of halogens is 1. The van der Waals surface area contributed by atoms with Gasteiger partial charge in [-0.25, -0.2) is 0 Å². The molecule has 0 saturated carbocycles. The van der Waals surface area contributed by atoms with E-state index in [0.717, 1.165) is 26.2 Å². The molecule has 2 aromatic heterocycles. The number of carbonyl (C=O) groups is 1. The molecule has 0 spiro atoms. The molecule has 7 heteroatoms. The van der Waals surface area contributed by atoms with Crippen LogP contribution in [0.15, 0.2) is 36.7 Å². The third-order valence-electron chi connectivity index (χ3n) is 4.36. The average molecular weight is 379 g/mol. The SMILES string of the molecule is CN(C)C[C@@H]1CN(Cc2cccnc2)C[C@H]1NC(=O)c1ccc(Cl)s1. The summed E-state index contributed by atoms with van der Waals surface area (Å²) < 4.78 is 0.639. The van der Waals surface area contributed by atoms with Gasteiger partial charge in [0.1, 0.15) is 0 Å². The number of carbonyl (C=O) groups excluding carboxylic acids is 1. The van der Waals surface area contributed by atoms with E-state index in [4.69, 9.17) is 11.6 Å². The van der Waals surface area contributed by atoms with Gasteiger partial charge in [0.15, 0.2) is 0 Å². The predicted molar refractivity (Wildman–Crippen MR) is 102 cm³/mol. The highest BCUT2D eigenvalue weighted by Crippen LogP contribution is 2.24. The summed E-state index contributed by atoms with van der Waals surface area (Å²) in [4.78, 5) is 21.9. The van der Waals surface area contributed by atoms with E-state index in [-0.39, 0.29) is 11.9 Å². The van der Waals surface area contributed by atoms with Crippen LogP contribution in [-0.2, 0) is 6.54 Å². The molecule has 0 bridgehead atoms. The average Bonchev–Trinajstić information content (AvgIpc) is 3.15. The van der Waals surface area contributed by atoms with E-state index in [2.05, 4.69) is 40.3 Å². The number of pyridine rings is 1. The van der Waals surface area contributed by atoms with E-state index in [1.54, 1.807) is 18.3 Å². The molecule has 25 heavy (non-hydrogen) atoms. The van der Waals surface area contributed by atoms with Gasteiger partial charge in [0.2, 0.25) is 0 Å². The number of hydrogen-bond donors (Lipinski definition) is 1. The second-order valence-corrected chi connectivity index (χ2v) is 8.48. The molecule has 1 aliphatic rings. The summed E-state index contributed by atoms with van der Waals surface area (Å²) in [6.07, 6.45) is 3.69. The zero-order chi connectivity index (χ0) is 17.8. The number of nitrogens with one attached hydrogen (secondary N) is 1. The molecule has 0 unspecified atom stereocenters. The summed E-state index contributed by atoms with van der Waals surface area (Å²) in [5.74, 6) is 0.361. The van der Waals surface area contributed by atoms with Crippen molar-refractivity contribution in [2.24, 2.45) is 5.92 Å². The van der Waals surface area contributed by atoms with Gasteiger partial charge in [-0.1, -0.05) is 17.7 Å². The molecule has 1 saturated heterocycles. The highest BCUT2D eigenvalue weighted by molar-refractivity contribution is 7.18. The fourth-order valence-electron chi connectivity index (χ4n) is 3.33. The van der Waals surface area contributed by atoms with Crippen LogP contribution in [0.25, 0.3) is 0 Å². The molecule has 0 aliphatic carbocycles. The minimum absolute atomic E-state index is 0.0334. The molecule has 0 radical (unpaired) electrons. The van der Waals surface area contributed by atoms with Crippen LogP contribution in [0.2, 0.25) is 4.34 Å². The van der Waals surface area contributed by atoms with Crippen LogP contribution in [0, 0.1) is 5.92 Å². The first-order chi connectivity index (χ1) is 12.0. The number of rotatable bonds is 6. The topological polar surface area (TPSA) is 48.5 Å². The van der Waals surface area contributed by atoms with Crippen LogP contribution in [0.4, 0.5) is 0 Å². The molecule has 2 aromatic rings. The van der Waals surface area contributed by atoms with Crippen molar-refractivity contribution in [2.75, 3.05) is 33.7 Å². The Morgan fingerprint density at radius 2 is 2.24 bits per heavy atom. The van der Waals surface area contributed by atoms with Gasteiger partial charge in [-0.2, -0.15) is 0 Å². The molecule has 1 amide bonds. The van der Waals surface area contributed by atoms with Gasteiger partial charge in [-0.15, -0.1) is 11.3 Å². The Kier molecular flexibility index (Phi) is 6.06. The Morgan fingerprint density at radius 3 is 2.88 bits per heavy atom. The number of aromatic nitrogens is 1. The Labute approximate surface area is 157 Å². The molecule has 3 heterocycles. The molecule has 1 N–H and O–H groups in total. The van der Waals surface area contributed by atoms with Gasteiger partial charge in [0.05, 0.1) is 9.21 Å². The highest BCUT2D eigenvalue weighted by atomic mass is 35.5. The van der Waals surface area contributed by atoms with Gasteiger partial charge >= 0.3 is 0 Å². The van der Waals surface area contributed by atoms with E-state index in [0.29, 0.717) is 15.1 Å². The van der Waals surface area contributed by atoms with Crippen molar-refractivity contribution >= 4 is 28.8 Å². The summed E-state index contributed by atoms with van der Waals surface area (Å²) in [5.41, 5.74) is 1.20. The summed E-state index contributed by atoms with van der Waals surface area (Å²) in [6, 6.07) is 7.73. The molecule has 134 valence electrons. The molecule has 3 rings (SSSR count). The number of hydrogen-bond acceptors (Lipinski definition) is 5. The highest BCUT2D eigenvalue weighted by Gasteiger charge is 2.34. The third kappa shape index (κ3) is 5.01. The fourth-order valence-corrected chi connectivity index (χ4v) is 4.28. The first-order valence-electron chi connectivity index (χ1n) is 8.33. The van der Waals surface area contributed by atoms with Gasteiger partial charge in [0, 0.05) is 50.5 Å². The quantitative estimate of drug-likeness (QED) is 0.839. The first-order valence-corrected chi connectivity index (χ1v) is 9.53. The van der Waals surface area contributed by atoms with Crippen molar-refractivity contribution in [2.45, 2.75) is 12.6 Å². The second-order valence-electron chi connectivity index (χ2n) is 6.76. The maximum Gasteiger partial charge on any atom is 0.261 e. The van der Waals surface area contributed by atoms with Gasteiger partial charge < -0.3 is 10.2 Å². The van der Waals surface area contributed by atoms with Gasteiger partial charge in [-0.3, -0.25) is 14.7 Å². The predicted octanol–water partition coefficient (Wildman–Crippen LogP) is 2.59. The van der Waals surface area contributed by atoms with Crippen molar-refractivity contribution in [1.29, 1.82) is 0 Å². The maximum atomic E-state index is 12.5. The van der Waals surface area contributed by atoms with Crippen molar-refractivity contribution in [3.8, 4) is 0 Å². The summed E-state index contributed by atoms with van der Waals surface area (Å²) >= 11 is 7.27. The Morgan fingerprint density at radius 1 is 1.40 bits per heavy atom. The Hall–Kier alpha value is -1.47. The first kappa shape index (κ1) is 18.3. The monoisotopic (exact) mass is 378 g/mol. The lowest BCUT2D eigenvalue weighted by Gasteiger charge is -2.22. The second kappa shape index (κ2) is 8.27.